The molecule has 22 heavy (non-hydrogen) atoms. The van der Waals surface area contributed by atoms with Gasteiger partial charge in [0.15, 0.2) is 0 Å². The summed E-state index contributed by atoms with van der Waals surface area (Å²) in [6.07, 6.45) is -0.430. The van der Waals surface area contributed by atoms with E-state index in [1.165, 1.54) is 0 Å². The van der Waals surface area contributed by atoms with Crippen molar-refractivity contribution in [2.75, 3.05) is 5.32 Å². The number of ether oxygens (including phenoxy) is 1. The Morgan fingerprint density at radius 1 is 1.14 bits per heavy atom. The summed E-state index contributed by atoms with van der Waals surface area (Å²) in [6.45, 7) is 0. The SMILES string of the molecule is O=C1C[C@@H](C(=O)Nc2cccc(Br)c2)[C@H](c2ccccc2)O1. The summed E-state index contributed by atoms with van der Waals surface area (Å²) in [4.78, 5) is 24.1. The van der Waals surface area contributed by atoms with E-state index in [4.69, 9.17) is 4.74 Å². The van der Waals surface area contributed by atoms with Crippen LogP contribution in [0.25, 0.3) is 0 Å². The van der Waals surface area contributed by atoms with Gasteiger partial charge in [0.2, 0.25) is 5.91 Å². The van der Waals surface area contributed by atoms with E-state index in [0.717, 1.165) is 10.0 Å². The predicted molar refractivity (Wildman–Crippen MR) is 86.2 cm³/mol. The van der Waals surface area contributed by atoms with Crippen LogP contribution in [0.2, 0.25) is 0 Å². The van der Waals surface area contributed by atoms with Crippen molar-refractivity contribution in [1.82, 2.24) is 0 Å². The lowest BCUT2D eigenvalue weighted by atomic mass is 9.94. The van der Waals surface area contributed by atoms with Crippen LogP contribution in [-0.2, 0) is 14.3 Å². The zero-order valence-corrected chi connectivity index (χ0v) is 13.2. The molecule has 4 nitrogen and oxygen atoms in total. The fraction of sp³-hybridized carbons (Fsp3) is 0.176. The second-order valence-corrected chi connectivity index (χ2v) is 6.05. The third-order valence-electron chi connectivity index (χ3n) is 3.57. The molecule has 1 amide bonds. The van der Waals surface area contributed by atoms with E-state index < -0.39 is 12.0 Å². The summed E-state index contributed by atoms with van der Waals surface area (Å²) in [7, 11) is 0. The highest BCUT2D eigenvalue weighted by Crippen LogP contribution is 2.36. The molecule has 0 radical (unpaired) electrons. The molecule has 1 fully saturated rings. The molecule has 0 unspecified atom stereocenters. The van der Waals surface area contributed by atoms with Gasteiger partial charge in [-0.25, -0.2) is 0 Å². The largest absolute Gasteiger partial charge is 0.457 e. The molecule has 1 heterocycles. The van der Waals surface area contributed by atoms with Gasteiger partial charge < -0.3 is 10.1 Å². The normalized spacial score (nSPS) is 20.5. The molecule has 1 aliphatic heterocycles. The first-order chi connectivity index (χ1) is 10.6. The Balaban J connectivity index is 1.79. The third-order valence-corrected chi connectivity index (χ3v) is 4.06. The maximum atomic E-state index is 12.5. The van der Waals surface area contributed by atoms with Crippen LogP contribution in [0.4, 0.5) is 5.69 Å². The Morgan fingerprint density at radius 3 is 2.64 bits per heavy atom. The molecule has 0 aliphatic carbocycles. The molecule has 2 aromatic rings. The fourth-order valence-electron chi connectivity index (χ4n) is 2.53. The summed E-state index contributed by atoms with van der Waals surface area (Å²) >= 11 is 3.36. The Hall–Kier alpha value is -2.14. The number of nitrogens with one attached hydrogen (secondary N) is 1. The number of hydrogen-bond acceptors (Lipinski definition) is 3. The van der Waals surface area contributed by atoms with E-state index in [-0.39, 0.29) is 18.3 Å². The number of carbonyl (C=O) groups excluding carboxylic acids is 2. The molecule has 1 saturated heterocycles. The molecule has 5 heteroatoms. The second-order valence-electron chi connectivity index (χ2n) is 5.13. The van der Waals surface area contributed by atoms with E-state index in [0.29, 0.717) is 5.69 Å². The molecule has 1 N–H and O–H groups in total. The van der Waals surface area contributed by atoms with Gasteiger partial charge in [-0.1, -0.05) is 52.3 Å². The van der Waals surface area contributed by atoms with Gasteiger partial charge in [0.25, 0.3) is 0 Å². The molecule has 0 saturated carbocycles. The topological polar surface area (TPSA) is 55.4 Å². The van der Waals surface area contributed by atoms with Crippen molar-refractivity contribution >= 4 is 33.5 Å². The van der Waals surface area contributed by atoms with Gasteiger partial charge in [-0.15, -0.1) is 0 Å². The maximum Gasteiger partial charge on any atom is 0.307 e. The highest BCUT2D eigenvalue weighted by atomic mass is 79.9. The average molecular weight is 360 g/mol. The summed E-state index contributed by atoms with van der Waals surface area (Å²) < 4.78 is 6.21. The zero-order valence-electron chi connectivity index (χ0n) is 11.7. The van der Waals surface area contributed by atoms with Gasteiger partial charge in [0, 0.05) is 10.2 Å². The van der Waals surface area contributed by atoms with E-state index in [9.17, 15) is 9.59 Å². The summed E-state index contributed by atoms with van der Waals surface area (Å²) in [5.41, 5.74) is 1.52. The van der Waals surface area contributed by atoms with Crippen LogP contribution in [0.15, 0.2) is 59.1 Å². The number of anilines is 1. The first-order valence-electron chi connectivity index (χ1n) is 6.94. The minimum Gasteiger partial charge on any atom is -0.457 e. The van der Waals surface area contributed by atoms with Crippen LogP contribution in [0.5, 0.6) is 0 Å². The van der Waals surface area contributed by atoms with E-state index in [1.54, 1.807) is 6.07 Å². The number of cyclic esters (lactones) is 1. The van der Waals surface area contributed by atoms with E-state index in [1.807, 2.05) is 48.5 Å². The average Bonchev–Trinajstić information content (AvgIpc) is 2.90. The minimum atomic E-state index is -0.527. The van der Waals surface area contributed by atoms with Gasteiger partial charge >= 0.3 is 5.97 Å². The highest BCUT2D eigenvalue weighted by molar-refractivity contribution is 9.10. The number of carbonyl (C=O) groups is 2. The molecule has 2 atom stereocenters. The summed E-state index contributed by atoms with van der Waals surface area (Å²) in [6, 6.07) is 16.7. The molecular weight excluding hydrogens is 346 g/mol. The monoisotopic (exact) mass is 359 g/mol. The second kappa shape index (κ2) is 6.32. The summed E-state index contributed by atoms with van der Waals surface area (Å²) in [5.74, 6) is -1.07. The van der Waals surface area contributed by atoms with Crippen LogP contribution in [0.3, 0.4) is 0 Å². The van der Waals surface area contributed by atoms with Crippen LogP contribution in [0.1, 0.15) is 18.1 Å². The smallest absolute Gasteiger partial charge is 0.307 e. The van der Waals surface area contributed by atoms with Crippen molar-refractivity contribution in [2.24, 2.45) is 5.92 Å². The van der Waals surface area contributed by atoms with Crippen molar-refractivity contribution in [1.29, 1.82) is 0 Å². The number of esters is 1. The van der Waals surface area contributed by atoms with Crippen LogP contribution in [0, 0.1) is 5.92 Å². The van der Waals surface area contributed by atoms with Crippen LogP contribution >= 0.6 is 15.9 Å². The molecule has 0 bridgehead atoms. The van der Waals surface area contributed by atoms with E-state index >= 15 is 0 Å². The number of benzene rings is 2. The van der Waals surface area contributed by atoms with Gasteiger partial charge in [0.05, 0.1) is 12.3 Å². The quantitative estimate of drug-likeness (QED) is 0.850. The molecule has 2 aromatic carbocycles. The third kappa shape index (κ3) is 3.20. The first kappa shape index (κ1) is 14.8. The van der Waals surface area contributed by atoms with Crippen molar-refractivity contribution in [2.45, 2.75) is 12.5 Å². The van der Waals surface area contributed by atoms with Gasteiger partial charge in [-0.05, 0) is 23.8 Å². The van der Waals surface area contributed by atoms with Gasteiger partial charge in [0.1, 0.15) is 6.10 Å². The van der Waals surface area contributed by atoms with Crippen molar-refractivity contribution in [3.8, 4) is 0 Å². The number of hydrogen-bond donors (Lipinski definition) is 1. The number of amides is 1. The predicted octanol–water partition coefficient (Wildman–Crippen LogP) is 3.69. The Labute approximate surface area is 136 Å². The van der Waals surface area contributed by atoms with Crippen LogP contribution < -0.4 is 5.32 Å². The summed E-state index contributed by atoms with van der Waals surface area (Å²) in [5, 5.41) is 2.84. The Bertz CT molecular complexity index is 702. The lowest BCUT2D eigenvalue weighted by Gasteiger charge is -2.17. The molecule has 0 spiro atoms. The van der Waals surface area contributed by atoms with E-state index in [2.05, 4.69) is 21.2 Å². The number of halogens is 1. The fourth-order valence-corrected chi connectivity index (χ4v) is 2.93. The van der Waals surface area contributed by atoms with Crippen LogP contribution in [-0.4, -0.2) is 11.9 Å². The van der Waals surface area contributed by atoms with Crippen molar-refractivity contribution in [3.05, 3.63) is 64.6 Å². The van der Waals surface area contributed by atoms with Crippen molar-refractivity contribution in [3.63, 3.8) is 0 Å². The Morgan fingerprint density at radius 2 is 1.91 bits per heavy atom. The molecule has 112 valence electrons. The van der Waals surface area contributed by atoms with Gasteiger partial charge in [-0.3, -0.25) is 9.59 Å². The lowest BCUT2D eigenvalue weighted by molar-refractivity contribution is -0.141. The first-order valence-corrected chi connectivity index (χ1v) is 7.73. The van der Waals surface area contributed by atoms with Crippen molar-refractivity contribution < 1.29 is 14.3 Å². The molecule has 1 aliphatic rings. The van der Waals surface area contributed by atoms with Gasteiger partial charge in [-0.2, -0.15) is 0 Å². The standard InChI is InChI=1S/C17H14BrNO3/c18-12-7-4-8-13(9-12)19-17(21)14-10-15(20)22-16(14)11-5-2-1-3-6-11/h1-9,14,16H,10H2,(H,19,21)/t14-,16+/m1/s1. The lowest BCUT2D eigenvalue weighted by Crippen LogP contribution is -2.25. The molecule has 0 aromatic heterocycles. The minimum absolute atomic E-state index is 0.0966. The molecular formula is C17H14BrNO3. The highest BCUT2D eigenvalue weighted by Gasteiger charge is 2.40. The molecule has 3 rings (SSSR count). The zero-order chi connectivity index (χ0) is 15.5. The maximum absolute atomic E-state index is 12.5. The number of rotatable bonds is 3. The Kier molecular flexibility index (Phi) is 4.24.